The SMILES string of the molecule is CC/C=C\C/C=C\C/C=C\C/C=C\C/C=C\CCCCCC(=O)OC[C@H](COP(=O)(O)OP(=O)(O)OC[C@H]1O[C@@H](n2ccc(N)nc2=O)C(O)[C@H]1O)OC(=O)CCCCCCC/C=C\CCCCCCCC. The molecule has 1 fully saturated rings. The van der Waals surface area contributed by atoms with Gasteiger partial charge in [0.15, 0.2) is 12.3 Å². The molecule has 1 aromatic rings. The standard InChI is InChI=1S/C52H85N3O15P2/c1-3-5-7-9-11-13-15-17-19-20-21-22-24-25-27-29-31-33-35-37-47(56)65-41-44(68-48(57)38-36-34-32-30-28-26-23-18-16-14-12-10-8-6-4-2)42-66-71(61,62)70-72(63,64)67-43-45-49(58)50(59)51(69-45)55-40-39-46(53)54-52(55)60/h5,7,11,13,17-19,21-23,25,27,39-40,44-45,49-51,58-59H,3-4,6,8-10,12,14-16,20,24,26,28-38,41-43H2,1-2H3,(H,61,62)(H,63,64)(H2,53,54,60)/b7-5-,13-11-,19-17-,22-21-,23-18-,27-25-/t44-,45-,49+,50?,51-/m1/s1. The molecule has 0 radical (unpaired) electrons. The molecule has 1 aliphatic rings. The molecule has 18 nitrogen and oxygen atoms in total. The maximum absolute atomic E-state index is 12.9. The molecule has 0 aliphatic carbocycles. The van der Waals surface area contributed by atoms with E-state index in [-0.39, 0.29) is 18.7 Å². The van der Waals surface area contributed by atoms with Gasteiger partial charge in [0.25, 0.3) is 0 Å². The van der Waals surface area contributed by atoms with Crippen LogP contribution in [0.15, 0.2) is 90.0 Å². The van der Waals surface area contributed by atoms with Crippen LogP contribution < -0.4 is 11.4 Å². The zero-order valence-electron chi connectivity index (χ0n) is 42.7. The number of allylic oxidation sites excluding steroid dienone is 12. The smallest absolute Gasteiger partial charge is 0.462 e. The highest BCUT2D eigenvalue weighted by molar-refractivity contribution is 7.61. The summed E-state index contributed by atoms with van der Waals surface area (Å²) in [6, 6.07) is 1.25. The van der Waals surface area contributed by atoms with Gasteiger partial charge in [0, 0.05) is 19.0 Å². The average Bonchev–Trinajstić information content (AvgIpc) is 3.62. The Labute approximate surface area is 427 Å². The van der Waals surface area contributed by atoms with Gasteiger partial charge in [0.05, 0.1) is 13.2 Å². The van der Waals surface area contributed by atoms with Gasteiger partial charge >= 0.3 is 33.3 Å². The number of nitrogens with zero attached hydrogens (tertiary/aromatic N) is 2. The number of aliphatic hydroxyl groups is 2. The summed E-state index contributed by atoms with van der Waals surface area (Å²) in [5, 5.41) is 20.9. The van der Waals surface area contributed by atoms with Gasteiger partial charge in [-0.1, -0.05) is 145 Å². The fraction of sp³-hybridized carbons (Fsp3) is 0.654. The third-order valence-corrected chi connectivity index (χ3v) is 13.9. The number of ether oxygens (including phenoxy) is 3. The Bertz CT molecular complexity index is 1990. The number of esters is 2. The largest absolute Gasteiger partial charge is 0.481 e. The van der Waals surface area contributed by atoms with Gasteiger partial charge < -0.3 is 39.9 Å². The van der Waals surface area contributed by atoms with Crippen LogP contribution in [-0.4, -0.2) is 85.7 Å². The van der Waals surface area contributed by atoms with E-state index in [1.54, 1.807) is 0 Å². The number of aliphatic hydroxyl groups excluding tert-OH is 2. The molecule has 0 spiro atoms. The Hall–Kier alpha value is -3.80. The predicted octanol–water partition coefficient (Wildman–Crippen LogP) is 10.9. The normalized spacial score (nSPS) is 19.6. The molecular formula is C52H85N3O15P2. The maximum Gasteiger partial charge on any atom is 0.481 e. The van der Waals surface area contributed by atoms with E-state index < -0.39 is 83.7 Å². The van der Waals surface area contributed by atoms with Crippen molar-refractivity contribution in [2.24, 2.45) is 0 Å². The van der Waals surface area contributed by atoms with Gasteiger partial charge in [-0.25, -0.2) is 13.9 Å². The number of aromatic nitrogens is 2. The molecule has 0 bridgehead atoms. The van der Waals surface area contributed by atoms with Crippen molar-refractivity contribution in [1.29, 1.82) is 0 Å². The van der Waals surface area contributed by atoms with Crippen LogP contribution in [0.2, 0.25) is 0 Å². The third kappa shape index (κ3) is 31.7. The van der Waals surface area contributed by atoms with Crippen LogP contribution in [0, 0.1) is 0 Å². The Balaban J connectivity index is 1.81. The third-order valence-electron chi connectivity index (χ3n) is 11.3. The molecule has 72 heavy (non-hydrogen) atoms. The molecule has 7 atom stereocenters. The molecule has 1 saturated heterocycles. The molecule has 408 valence electrons. The van der Waals surface area contributed by atoms with E-state index in [1.165, 1.54) is 44.6 Å². The van der Waals surface area contributed by atoms with Crippen LogP contribution in [0.5, 0.6) is 0 Å². The summed E-state index contributed by atoms with van der Waals surface area (Å²) >= 11 is 0. The Kier molecular flexibility index (Phi) is 35.4. The van der Waals surface area contributed by atoms with Gasteiger partial charge in [0.2, 0.25) is 0 Å². The number of phosphoric acid groups is 2. The lowest BCUT2D eigenvalue weighted by atomic mass is 10.1. The first-order valence-electron chi connectivity index (χ1n) is 25.9. The highest BCUT2D eigenvalue weighted by Gasteiger charge is 2.46. The maximum atomic E-state index is 12.9. The van der Waals surface area contributed by atoms with Crippen molar-refractivity contribution in [3.8, 4) is 0 Å². The molecule has 3 unspecified atom stereocenters. The molecule has 0 aromatic carbocycles. The van der Waals surface area contributed by atoms with E-state index in [0.29, 0.717) is 12.8 Å². The number of hydrogen-bond donors (Lipinski definition) is 5. The monoisotopic (exact) mass is 1050 g/mol. The molecule has 20 heteroatoms. The van der Waals surface area contributed by atoms with Crippen molar-refractivity contribution in [3.05, 3.63) is 95.7 Å². The molecule has 2 rings (SSSR count). The van der Waals surface area contributed by atoms with Crippen molar-refractivity contribution in [3.63, 3.8) is 0 Å². The lowest BCUT2D eigenvalue weighted by Crippen LogP contribution is -2.36. The highest BCUT2D eigenvalue weighted by atomic mass is 31.3. The number of nitrogens with two attached hydrogens (primary N) is 1. The molecular weight excluding hydrogens is 969 g/mol. The summed E-state index contributed by atoms with van der Waals surface area (Å²) in [5.41, 5.74) is 4.59. The first kappa shape index (κ1) is 64.3. The summed E-state index contributed by atoms with van der Waals surface area (Å²) in [7, 11) is -10.9. The topological polar surface area (TPSA) is 265 Å². The van der Waals surface area contributed by atoms with E-state index >= 15 is 0 Å². The average molecular weight is 1050 g/mol. The van der Waals surface area contributed by atoms with E-state index in [9.17, 15) is 43.5 Å². The Morgan fingerprint density at radius 3 is 1.74 bits per heavy atom. The highest BCUT2D eigenvalue weighted by Crippen LogP contribution is 2.60. The van der Waals surface area contributed by atoms with Gasteiger partial charge in [-0.3, -0.25) is 23.2 Å². The second-order valence-corrected chi connectivity index (χ2v) is 20.7. The zero-order chi connectivity index (χ0) is 52.7. The lowest BCUT2D eigenvalue weighted by Gasteiger charge is -2.21. The molecule has 2 heterocycles. The number of rotatable bonds is 42. The van der Waals surface area contributed by atoms with E-state index in [4.69, 9.17) is 29.0 Å². The van der Waals surface area contributed by atoms with E-state index in [2.05, 4.69) is 96.1 Å². The van der Waals surface area contributed by atoms with Gasteiger partial charge in [0.1, 0.15) is 30.7 Å². The molecule has 6 N–H and O–H groups in total. The first-order chi connectivity index (χ1) is 34.7. The number of anilines is 1. The number of nitrogen functional groups attached to an aromatic ring is 1. The zero-order valence-corrected chi connectivity index (χ0v) is 44.5. The van der Waals surface area contributed by atoms with Crippen molar-refractivity contribution in [2.45, 2.75) is 199 Å². The summed E-state index contributed by atoms with van der Waals surface area (Å²) in [6.07, 6.45) is 41.2. The Morgan fingerprint density at radius 1 is 0.681 bits per heavy atom. The Morgan fingerprint density at radius 2 is 1.17 bits per heavy atom. The predicted molar refractivity (Wildman–Crippen MR) is 279 cm³/mol. The van der Waals surface area contributed by atoms with Crippen molar-refractivity contribution < 1.29 is 66.3 Å². The second kappa shape index (κ2) is 39.6. The minimum Gasteiger partial charge on any atom is -0.462 e. The number of carbonyl (C=O) groups is 2. The minimum absolute atomic E-state index is 0.0293. The van der Waals surface area contributed by atoms with Crippen LogP contribution in [0.1, 0.15) is 174 Å². The van der Waals surface area contributed by atoms with Gasteiger partial charge in [-0.2, -0.15) is 9.29 Å². The van der Waals surface area contributed by atoms with Gasteiger partial charge in [-0.05, 0) is 89.5 Å². The molecule has 1 aromatic heterocycles. The number of unbranched alkanes of at least 4 members (excludes halogenated alkanes) is 14. The molecule has 0 saturated carbocycles. The van der Waals surface area contributed by atoms with Crippen LogP contribution in [0.4, 0.5) is 5.82 Å². The van der Waals surface area contributed by atoms with Crippen molar-refractivity contribution in [1.82, 2.24) is 9.55 Å². The molecule has 1 aliphatic heterocycles. The van der Waals surface area contributed by atoms with Crippen molar-refractivity contribution in [2.75, 3.05) is 25.6 Å². The fourth-order valence-corrected chi connectivity index (χ4v) is 9.38. The number of phosphoric ester groups is 2. The van der Waals surface area contributed by atoms with Crippen LogP contribution in [-0.2, 0) is 46.3 Å². The summed E-state index contributed by atoms with van der Waals surface area (Å²) in [6.45, 7) is 2.00. The fourth-order valence-electron chi connectivity index (χ4n) is 7.27. The van der Waals surface area contributed by atoms with Gasteiger partial charge in [-0.15, -0.1) is 0 Å². The van der Waals surface area contributed by atoms with Crippen LogP contribution >= 0.6 is 15.6 Å². The van der Waals surface area contributed by atoms with Crippen LogP contribution in [0.25, 0.3) is 0 Å². The first-order valence-corrected chi connectivity index (χ1v) is 28.9. The van der Waals surface area contributed by atoms with Crippen molar-refractivity contribution >= 4 is 33.4 Å². The number of carbonyl (C=O) groups excluding carboxylic acids is 2. The minimum atomic E-state index is -5.44. The second-order valence-electron chi connectivity index (χ2n) is 17.6. The number of hydrogen-bond acceptors (Lipinski definition) is 15. The van der Waals surface area contributed by atoms with E-state index in [1.807, 2.05) is 0 Å². The van der Waals surface area contributed by atoms with Crippen LogP contribution in [0.3, 0.4) is 0 Å². The van der Waals surface area contributed by atoms with E-state index in [0.717, 1.165) is 101 Å². The lowest BCUT2D eigenvalue weighted by molar-refractivity contribution is -0.161. The summed E-state index contributed by atoms with van der Waals surface area (Å²) in [4.78, 5) is 61.9. The summed E-state index contributed by atoms with van der Waals surface area (Å²) in [5.74, 6) is -1.35. The quantitative estimate of drug-likeness (QED) is 0.0176. The molecule has 0 amide bonds. The summed E-state index contributed by atoms with van der Waals surface area (Å²) < 4.78 is 56.8.